The minimum atomic E-state index is -0.277. The van der Waals surface area contributed by atoms with Crippen LogP contribution < -0.4 is 21.3 Å². The minimum Gasteiger partial charge on any atom is -0.495 e. The van der Waals surface area contributed by atoms with Gasteiger partial charge in [-0.05, 0) is 19.1 Å². The van der Waals surface area contributed by atoms with Gasteiger partial charge in [-0.1, -0.05) is 12.1 Å². The smallest absolute Gasteiger partial charge is 0.252 e. The number of ether oxygens (including phenoxy) is 1. The number of anilines is 1. The Labute approximate surface area is 115 Å². The van der Waals surface area contributed by atoms with Gasteiger partial charge in [-0.2, -0.15) is 4.99 Å². The summed E-state index contributed by atoms with van der Waals surface area (Å²) in [5.41, 5.74) is 6.75. The van der Waals surface area contributed by atoms with Gasteiger partial charge >= 0.3 is 0 Å². The van der Waals surface area contributed by atoms with Crippen LogP contribution in [-0.4, -0.2) is 23.0 Å². The zero-order valence-corrected chi connectivity index (χ0v) is 11.2. The Kier molecular flexibility index (Phi) is 3.99. The van der Waals surface area contributed by atoms with Crippen LogP contribution in [0.5, 0.6) is 5.75 Å². The molecule has 0 fully saturated rings. The van der Waals surface area contributed by atoms with Gasteiger partial charge in [0.2, 0.25) is 11.9 Å². The third-order valence-electron chi connectivity index (χ3n) is 2.45. The summed E-state index contributed by atoms with van der Waals surface area (Å²) >= 11 is 0. The normalized spacial score (nSPS) is 11.2. The molecule has 20 heavy (non-hydrogen) atoms. The SMILES string of the molecule is COc1ccccc1N/C(N)=N\c1nc(C)cc(=O)[nH]1. The van der Waals surface area contributed by atoms with Crippen molar-refractivity contribution in [1.29, 1.82) is 0 Å². The van der Waals surface area contributed by atoms with E-state index in [2.05, 4.69) is 20.3 Å². The topological polar surface area (TPSA) is 105 Å². The summed E-state index contributed by atoms with van der Waals surface area (Å²) in [5, 5.41) is 2.89. The van der Waals surface area contributed by atoms with E-state index in [1.54, 1.807) is 26.2 Å². The number of H-pyrrole nitrogens is 1. The lowest BCUT2D eigenvalue weighted by atomic mass is 10.3. The van der Waals surface area contributed by atoms with Crippen molar-refractivity contribution in [3.63, 3.8) is 0 Å². The van der Waals surface area contributed by atoms with Crippen molar-refractivity contribution in [2.24, 2.45) is 10.7 Å². The fourth-order valence-corrected chi connectivity index (χ4v) is 1.64. The Bertz CT molecular complexity index is 693. The second-order valence-corrected chi connectivity index (χ2v) is 4.03. The Morgan fingerprint density at radius 1 is 1.45 bits per heavy atom. The van der Waals surface area contributed by atoms with Crippen LogP contribution in [0.3, 0.4) is 0 Å². The highest BCUT2D eigenvalue weighted by molar-refractivity contribution is 5.94. The second-order valence-electron chi connectivity index (χ2n) is 4.03. The Balaban J connectivity index is 2.25. The summed E-state index contributed by atoms with van der Waals surface area (Å²) in [4.78, 5) is 21.9. The highest BCUT2D eigenvalue weighted by Crippen LogP contribution is 2.22. The molecule has 0 aliphatic rings. The molecule has 104 valence electrons. The molecule has 7 heteroatoms. The summed E-state index contributed by atoms with van der Waals surface area (Å²) in [6.45, 7) is 1.71. The van der Waals surface area contributed by atoms with Crippen LogP contribution in [0.25, 0.3) is 0 Å². The summed E-state index contributed by atoms with van der Waals surface area (Å²) < 4.78 is 5.19. The number of aromatic amines is 1. The molecule has 0 spiro atoms. The monoisotopic (exact) mass is 273 g/mol. The molecule has 0 aliphatic carbocycles. The molecular formula is C13H15N5O2. The van der Waals surface area contributed by atoms with Crippen molar-refractivity contribution in [3.8, 4) is 5.75 Å². The predicted molar refractivity (Wildman–Crippen MR) is 77.5 cm³/mol. The van der Waals surface area contributed by atoms with Crippen molar-refractivity contribution in [2.45, 2.75) is 6.92 Å². The summed E-state index contributed by atoms with van der Waals surface area (Å²) in [6.07, 6.45) is 0. The lowest BCUT2D eigenvalue weighted by Gasteiger charge is -2.09. The number of nitrogens with two attached hydrogens (primary N) is 1. The number of rotatable bonds is 3. The van der Waals surface area contributed by atoms with Gasteiger partial charge < -0.3 is 15.8 Å². The van der Waals surface area contributed by atoms with Gasteiger partial charge in [0.25, 0.3) is 5.56 Å². The van der Waals surface area contributed by atoms with Gasteiger partial charge in [-0.25, -0.2) is 4.98 Å². The highest BCUT2D eigenvalue weighted by atomic mass is 16.5. The number of nitrogens with zero attached hydrogens (tertiary/aromatic N) is 2. The van der Waals surface area contributed by atoms with Crippen LogP contribution in [0.2, 0.25) is 0 Å². The summed E-state index contributed by atoms with van der Waals surface area (Å²) in [5.74, 6) is 0.884. The zero-order chi connectivity index (χ0) is 14.5. The van der Waals surface area contributed by atoms with Crippen molar-refractivity contribution in [1.82, 2.24) is 9.97 Å². The number of benzene rings is 1. The van der Waals surface area contributed by atoms with E-state index in [-0.39, 0.29) is 17.5 Å². The minimum absolute atomic E-state index is 0.100. The quantitative estimate of drug-likeness (QED) is 0.574. The second kappa shape index (κ2) is 5.87. The number of para-hydroxylation sites is 2. The number of hydrogen-bond donors (Lipinski definition) is 3. The molecule has 1 heterocycles. The van der Waals surface area contributed by atoms with E-state index in [9.17, 15) is 4.79 Å². The van der Waals surface area contributed by atoms with E-state index in [0.717, 1.165) is 0 Å². The van der Waals surface area contributed by atoms with Crippen LogP contribution in [0, 0.1) is 6.92 Å². The van der Waals surface area contributed by atoms with Crippen molar-refractivity contribution < 1.29 is 4.74 Å². The Hall–Kier alpha value is -2.83. The number of methoxy groups -OCH3 is 1. The molecule has 0 atom stereocenters. The number of hydrogen-bond acceptors (Lipinski definition) is 4. The number of nitrogens with one attached hydrogen (secondary N) is 2. The van der Waals surface area contributed by atoms with Gasteiger partial charge in [0.1, 0.15) is 5.75 Å². The van der Waals surface area contributed by atoms with Crippen LogP contribution >= 0.6 is 0 Å². The van der Waals surface area contributed by atoms with Gasteiger partial charge in [0, 0.05) is 11.8 Å². The van der Waals surface area contributed by atoms with Crippen LogP contribution in [0.1, 0.15) is 5.69 Å². The third-order valence-corrected chi connectivity index (χ3v) is 2.45. The van der Waals surface area contributed by atoms with E-state index < -0.39 is 0 Å². The average Bonchev–Trinajstić information content (AvgIpc) is 2.37. The van der Waals surface area contributed by atoms with E-state index in [4.69, 9.17) is 10.5 Å². The first-order chi connectivity index (χ1) is 9.58. The molecule has 1 aromatic carbocycles. The van der Waals surface area contributed by atoms with Gasteiger partial charge in [-0.15, -0.1) is 0 Å². The molecule has 0 saturated carbocycles. The lowest BCUT2D eigenvalue weighted by molar-refractivity contribution is 0.417. The van der Waals surface area contributed by atoms with Gasteiger partial charge in [-0.3, -0.25) is 9.78 Å². The lowest BCUT2D eigenvalue weighted by Crippen LogP contribution is -2.23. The van der Waals surface area contributed by atoms with E-state index >= 15 is 0 Å². The van der Waals surface area contributed by atoms with E-state index in [1.165, 1.54) is 6.07 Å². The molecule has 4 N–H and O–H groups in total. The number of guanidine groups is 1. The molecule has 2 rings (SSSR count). The molecule has 7 nitrogen and oxygen atoms in total. The predicted octanol–water partition coefficient (Wildman–Crippen LogP) is 1.15. The standard InChI is InChI=1S/C13H15N5O2/c1-8-7-11(19)17-13(15-8)18-12(14)16-9-5-3-4-6-10(9)20-2/h3-7H,1-2H3,(H4,14,15,16,17,18,19). The first-order valence-corrected chi connectivity index (χ1v) is 5.90. The highest BCUT2D eigenvalue weighted by Gasteiger charge is 2.03. The average molecular weight is 273 g/mol. The van der Waals surface area contributed by atoms with Crippen molar-refractivity contribution >= 4 is 17.6 Å². The first kappa shape index (κ1) is 13.6. The van der Waals surface area contributed by atoms with Crippen LogP contribution in [-0.2, 0) is 0 Å². The molecule has 0 aliphatic heterocycles. The largest absolute Gasteiger partial charge is 0.495 e. The summed E-state index contributed by atoms with van der Waals surface area (Å²) in [7, 11) is 1.56. The van der Waals surface area contributed by atoms with Gasteiger partial charge in [0.15, 0.2) is 0 Å². The zero-order valence-electron chi connectivity index (χ0n) is 11.2. The third kappa shape index (κ3) is 3.35. The fourth-order valence-electron chi connectivity index (χ4n) is 1.64. The summed E-state index contributed by atoms with van der Waals surface area (Å²) in [6, 6.07) is 8.65. The first-order valence-electron chi connectivity index (χ1n) is 5.90. The van der Waals surface area contributed by atoms with Crippen LogP contribution in [0.15, 0.2) is 40.1 Å². The molecule has 0 amide bonds. The maximum atomic E-state index is 11.3. The molecular weight excluding hydrogens is 258 g/mol. The molecule has 0 bridgehead atoms. The maximum Gasteiger partial charge on any atom is 0.252 e. The number of aryl methyl sites for hydroxylation is 1. The number of aliphatic imine (C=N–C) groups is 1. The van der Waals surface area contributed by atoms with Crippen LogP contribution in [0.4, 0.5) is 11.6 Å². The van der Waals surface area contributed by atoms with E-state index in [1.807, 2.05) is 12.1 Å². The van der Waals surface area contributed by atoms with Crippen molar-refractivity contribution in [3.05, 3.63) is 46.4 Å². The Morgan fingerprint density at radius 3 is 2.90 bits per heavy atom. The molecule has 1 aromatic heterocycles. The maximum absolute atomic E-state index is 11.3. The van der Waals surface area contributed by atoms with Crippen molar-refractivity contribution in [2.75, 3.05) is 12.4 Å². The molecule has 0 unspecified atom stereocenters. The van der Waals surface area contributed by atoms with E-state index in [0.29, 0.717) is 17.1 Å². The molecule has 0 radical (unpaired) electrons. The molecule has 0 saturated heterocycles. The molecule has 2 aromatic rings. The Morgan fingerprint density at radius 2 is 2.20 bits per heavy atom. The number of aromatic nitrogens is 2. The van der Waals surface area contributed by atoms with Gasteiger partial charge in [0.05, 0.1) is 12.8 Å². The fraction of sp³-hybridized carbons (Fsp3) is 0.154.